The Labute approximate surface area is 162 Å². The topological polar surface area (TPSA) is 51.7 Å². The summed E-state index contributed by atoms with van der Waals surface area (Å²) in [6.07, 6.45) is 0. The Hall–Kier alpha value is -2.02. The van der Waals surface area contributed by atoms with Crippen molar-refractivity contribution in [1.29, 1.82) is 0 Å². The Balaban J connectivity index is 1.56. The number of hydrazine groups is 1. The van der Waals surface area contributed by atoms with Crippen LogP contribution in [0.25, 0.3) is 0 Å². The van der Waals surface area contributed by atoms with Crippen molar-refractivity contribution in [2.75, 3.05) is 18.0 Å². The van der Waals surface area contributed by atoms with Crippen LogP contribution in [-0.4, -0.2) is 24.2 Å². The number of para-hydroxylation sites is 1. The molecule has 130 valence electrons. The number of thiocarbonyl (C=S) groups is 1. The summed E-state index contributed by atoms with van der Waals surface area (Å²) < 4.78 is 0. The molecule has 0 atom stereocenters. The Morgan fingerprint density at radius 3 is 2.52 bits per heavy atom. The summed E-state index contributed by atoms with van der Waals surface area (Å²) in [7, 11) is 0. The number of guanidine groups is 1. The van der Waals surface area contributed by atoms with E-state index in [9.17, 15) is 0 Å². The van der Waals surface area contributed by atoms with E-state index < -0.39 is 0 Å². The number of rotatable bonds is 3. The van der Waals surface area contributed by atoms with Gasteiger partial charge < -0.3 is 10.2 Å². The SMILES string of the molecule is S=C(NCc1ccccc1)NNC1=NCCN1c1c(Cl)cccc1Cl. The summed E-state index contributed by atoms with van der Waals surface area (Å²) in [6.45, 7) is 1.98. The lowest BCUT2D eigenvalue weighted by atomic mass is 10.2. The maximum absolute atomic E-state index is 6.29. The van der Waals surface area contributed by atoms with Crippen molar-refractivity contribution < 1.29 is 0 Å². The van der Waals surface area contributed by atoms with E-state index in [4.69, 9.17) is 35.4 Å². The largest absolute Gasteiger partial charge is 0.357 e. The third kappa shape index (κ3) is 4.54. The predicted molar refractivity (Wildman–Crippen MR) is 108 cm³/mol. The van der Waals surface area contributed by atoms with Crippen LogP contribution < -0.4 is 21.1 Å². The first-order valence-corrected chi connectivity index (χ1v) is 8.91. The van der Waals surface area contributed by atoms with E-state index >= 15 is 0 Å². The van der Waals surface area contributed by atoms with Crippen LogP contribution in [0, 0.1) is 0 Å². The van der Waals surface area contributed by atoms with E-state index in [2.05, 4.69) is 21.2 Å². The summed E-state index contributed by atoms with van der Waals surface area (Å²) in [5.74, 6) is 0.624. The van der Waals surface area contributed by atoms with Gasteiger partial charge in [-0.3, -0.25) is 10.9 Å². The fourth-order valence-corrected chi connectivity index (χ4v) is 3.18. The third-order valence-electron chi connectivity index (χ3n) is 3.63. The molecule has 0 saturated carbocycles. The van der Waals surface area contributed by atoms with Crippen LogP contribution in [0.5, 0.6) is 0 Å². The quantitative estimate of drug-likeness (QED) is 0.551. The lowest BCUT2D eigenvalue weighted by molar-refractivity contribution is 0.795. The molecule has 0 spiro atoms. The molecule has 3 N–H and O–H groups in total. The Morgan fingerprint density at radius 1 is 1.08 bits per heavy atom. The van der Waals surface area contributed by atoms with Crippen LogP contribution >= 0.6 is 35.4 Å². The first-order chi connectivity index (χ1) is 12.1. The molecular formula is C17H17Cl2N5S. The van der Waals surface area contributed by atoms with Gasteiger partial charge >= 0.3 is 0 Å². The molecule has 0 aromatic heterocycles. The number of halogens is 2. The van der Waals surface area contributed by atoms with Gasteiger partial charge in [0, 0.05) is 13.1 Å². The summed E-state index contributed by atoms with van der Waals surface area (Å²) in [4.78, 5) is 6.36. The zero-order valence-electron chi connectivity index (χ0n) is 13.3. The molecule has 1 heterocycles. The van der Waals surface area contributed by atoms with Crippen molar-refractivity contribution in [3.63, 3.8) is 0 Å². The van der Waals surface area contributed by atoms with Crippen molar-refractivity contribution in [1.82, 2.24) is 16.2 Å². The molecule has 0 radical (unpaired) electrons. The average Bonchev–Trinajstić information content (AvgIpc) is 3.07. The minimum Gasteiger partial charge on any atom is -0.357 e. The van der Waals surface area contributed by atoms with Crippen molar-refractivity contribution in [2.45, 2.75) is 6.54 Å². The molecule has 1 aliphatic heterocycles. The second kappa shape index (κ2) is 8.38. The molecule has 2 aromatic rings. The molecule has 25 heavy (non-hydrogen) atoms. The van der Waals surface area contributed by atoms with Crippen LogP contribution in [0.15, 0.2) is 53.5 Å². The number of aliphatic imine (C=N–C) groups is 1. The van der Waals surface area contributed by atoms with Gasteiger partial charge in [0.05, 0.1) is 22.3 Å². The van der Waals surface area contributed by atoms with E-state index in [0.717, 1.165) is 11.3 Å². The molecule has 0 bridgehead atoms. The number of hydrogen-bond donors (Lipinski definition) is 3. The minimum atomic E-state index is 0.476. The summed E-state index contributed by atoms with van der Waals surface area (Å²) in [5, 5.41) is 4.76. The van der Waals surface area contributed by atoms with Crippen molar-refractivity contribution in [2.24, 2.45) is 4.99 Å². The van der Waals surface area contributed by atoms with Crippen LogP contribution in [0.2, 0.25) is 10.0 Å². The zero-order chi connectivity index (χ0) is 17.6. The van der Waals surface area contributed by atoms with Crippen molar-refractivity contribution >= 4 is 52.2 Å². The molecule has 0 aliphatic carbocycles. The lowest BCUT2D eigenvalue weighted by Gasteiger charge is -2.24. The van der Waals surface area contributed by atoms with E-state index in [-0.39, 0.29) is 0 Å². The van der Waals surface area contributed by atoms with Gasteiger partial charge in [-0.2, -0.15) is 0 Å². The number of nitrogens with zero attached hydrogens (tertiary/aromatic N) is 2. The fraction of sp³-hybridized carbons (Fsp3) is 0.176. The Kier molecular flexibility index (Phi) is 5.96. The van der Waals surface area contributed by atoms with Gasteiger partial charge in [0.2, 0.25) is 5.96 Å². The van der Waals surface area contributed by atoms with E-state index in [1.807, 2.05) is 41.3 Å². The maximum atomic E-state index is 6.29. The smallest absolute Gasteiger partial charge is 0.217 e. The highest BCUT2D eigenvalue weighted by molar-refractivity contribution is 7.80. The van der Waals surface area contributed by atoms with Crippen LogP contribution in [-0.2, 0) is 6.54 Å². The lowest BCUT2D eigenvalue weighted by Crippen LogP contribution is -2.51. The summed E-state index contributed by atoms with van der Waals surface area (Å²) in [6, 6.07) is 15.4. The fourth-order valence-electron chi connectivity index (χ4n) is 2.45. The van der Waals surface area contributed by atoms with Gasteiger partial charge in [0.15, 0.2) is 5.11 Å². The molecule has 0 unspecified atom stereocenters. The van der Waals surface area contributed by atoms with E-state index in [1.165, 1.54) is 0 Å². The monoisotopic (exact) mass is 393 g/mol. The first-order valence-electron chi connectivity index (χ1n) is 7.75. The highest BCUT2D eigenvalue weighted by Gasteiger charge is 2.23. The molecule has 0 saturated heterocycles. The van der Waals surface area contributed by atoms with Crippen molar-refractivity contribution in [3.05, 3.63) is 64.1 Å². The first kappa shape index (κ1) is 17.8. The molecule has 5 nitrogen and oxygen atoms in total. The highest BCUT2D eigenvalue weighted by Crippen LogP contribution is 2.34. The Morgan fingerprint density at radius 2 is 1.80 bits per heavy atom. The maximum Gasteiger partial charge on any atom is 0.217 e. The number of hydrogen-bond acceptors (Lipinski definition) is 4. The summed E-state index contributed by atoms with van der Waals surface area (Å²) in [5.41, 5.74) is 7.85. The molecule has 8 heteroatoms. The van der Waals surface area contributed by atoms with Gasteiger partial charge in [-0.15, -0.1) is 0 Å². The number of nitrogens with one attached hydrogen (secondary N) is 3. The summed E-state index contributed by atoms with van der Waals surface area (Å²) >= 11 is 17.9. The molecule has 0 amide bonds. The molecule has 1 aliphatic rings. The van der Waals surface area contributed by atoms with Crippen LogP contribution in [0.4, 0.5) is 5.69 Å². The van der Waals surface area contributed by atoms with E-state index in [1.54, 1.807) is 12.1 Å². The second-order valence-corrected chi connectivity index (χ2v) is 6.57. The minimum absolute atomic E-state index is 0.476. The number of anilines is 1. The van der Waals surface area contributed by atoms with Gasteiger partial charge in [-0.25, -0.2) is 4.99 Å². The molecular weight excluding hydrogens is 377 g/mol. The van der Waals surface area contributed by atoms with Gasteiger partial charge in [0.25, 0.3) is 0 Å². The van der Waals surface area contributed by atoms with Gasteiger partial charge in [-0.1, -0.05) is 59.6 Å². The average molecular weight is 394 g/mol. The van der Waals surface area contributed by atoms with E-state index in [0.29, 0.717) is 40.8 Å². The van der Waals surface area contributed by atoms with Crippen molar-refractivity contribution in [3.8, 4) is 0 Å². The Bertz CT molecular complexity index is 762. The zero-order valence-corrected chi connectivity index (χ0v) is 15.6. The standard InChI is InChI=1S/C17H17Cl2N5S/c18-13-7-4-8-14(19)15(13)24-10-9-20-16(24)22-23-17(25)21-11-12-5-2-1-3-6-12/h1-8H,9-11H2,(H,20,22)(H2,21,23,25). The molecule has 2 aromatic carbocycles. The molecule has 3 rings (SSSR count). The highest BCUT2D eigenvalue weighted by atomic mass is 35.5. The normalized spacial score (nSPS) is 13.4. The van der Waals surface area contributed by atoms with Gasteiger partial charge in [-0.05, 0) is 29.9 Å². The molecule has 0 fully saturated rings. The van der Waals surface area contributed by atoms with Crippen LogP contribution in [0.3, 0.4) is 0 Å². The van der Waals surface area contributed by atoms with Crippen LogP contribution in [0.1, 0.15) is 5.56 Å². The number of benzene rings is 2. The predicted octanol–water partition coefficient (Wildman–Crippen LogP) is 3.34. The second-order valence-electron chi connectivity index (χ2n) is 5.35. The van der Waals surface area contributed by atoms with Gasteiger partial charge in [0.1, 0.15) is 0 Å². The third-order valence-corrected chi connectivity index (χ3v) is 4.49.